The number of hydrogen-bond donors (Lipinski definition) is 2. The molecule has 116 valence electrons. The van der Waals surface area contributed by atoms with E-state index < -0.39 is 5.54 Å². The number of hydrogen-bond acceptors (Lipinski definition) is 4. The molecule has 1 amide bonds. The van der Waals surface area contributed by atoms with Crippen molar-refractivity contribution in [3.63, 3.8) is 0 Å². The molecule has 0 spiro atoms. The number of methoxy groups -OCH3 is 1. The molecule has 0 aliphatic rings. The summed E-state index contributed by atoms with van der Waals surface area (Å²) in [6.07, 6.45) is 1.80. The lowest BCUT2D eigenvalue weighted by atomic mass is 9.88. The van der Waals surface area contributed by atoms with Gasteiger partial charge in [0.05, 0.1) is 20.0 Å². The number of anilines is 1. The third-order valence-corrected chi connectivity index (χ3v) is 3.81. The van der Waals surface area contributed by atoms with Crippen LogP contribution in [0.2, 0.25) is 0 Å². The van der Waals surface area contributed by atoms with Gasteiger partial charge in [0, 0.05) is 11.2 Å². The van der Waals surface area contributed by atoms with Crippen LogP contribution in [-0.4, -0.2) is 24.5 Å². The van der Waals surface area contributed by atoms with E-state index in [1.54, 1.807) is 12.1 Å². The molecule has 1 rings (SSSR count). The third-order valence-electron chi connectivity index (χ3n) is 3.81. The topological polar surface area (TPSA) is 81.4 Å². The molecule has 21 heavy (non-hydrogen) atoms. The van der Waals surface area contributed by atoms with E-state index >= 15 is 0 Å². The Labute approximate surface area is 125 Å². The van der Waals surface area contributed by atoms with Gasteiger partial charge in [-0.15, -0.1) is 0 Å². The number of esters is 1. The second kappa shape index (κ2) is 7.67. The van der Waals surface area contributed by atoms with Gasteiger partial charge in [-0.2, -0.15) is 0 Å². The van der Waals surface area contributed by atoms with Crippen LogP contribution in [-0.2, 0) is 20.7 Å². The molecule has 0 saturated heterocycles. The van der Waals surface area contributed by atoms with Crippen LogP contribution in [0.15, 0.2) is 24.3 Å². The monoisotopic (exact) mass is 292 g/mol. The van der Waals surface area contributed by atoms with Crippen molar-refractivity contribution < 1.29 is 14.3 Å². The maximum Gasteiger partial charge on any atom is 0.307 e. The molecule has 0 aliphatic heterocycles. The lowest BCUT2D eigenvalue weighted by Gasteiger charge is -2.32. The molecule has 1 aromatic rings. The first-order valence-corrected chi connectivity index (χ1v) is 7.17. The molecule has 0 bridgehead atoms. The Morgan fingerprint density at radius 2 is 1.76 bits per heavy atom. The molecule has 0 saturated carbocycles. The van der Waals surface area contributed by atoms with Gasteiger partial charge in [0.15, 0.2) is 0 Å². The molecule has 5 nitrogen and oxygen atoms in total. The average molecular weight is 292 g/mol. The van der Waals surface area contributed by atoms with E-state index in [1.807, 2.05) is 26.0 Å². The molecular formula is C16H24N2O3. The minimum absolute atomic E-state index is 0.104. The molecule has 1 aromatic carbocycles. The van der Waals surface area contributed by atoms with E-state index in [9.17, 15) is 9.59 Å². The molecule has 0 aliphatic carbocycles. The third kappa shape index (κ3) is 5.10. The van der Waals surface area contributed by atoms with Crippen molar-refractivity contribution in [2.45, 2.75) is 45.1 Å². The van der Waals surface area contributed by atoms with E-state index in [1.165, 1.54) is 7.11 Å². The van der Waals surface area contributed by atoms with Crippen molar-refractivity contribution in [2.75, 3.05) is 12.8 Å². The molecule has 0 heterocycles. The molecular weight excluding hydrogens is 268 g/mol. The van der Waals surface area contributed by atoms with Crippen LogP contribution in [0.3, 0.4) is 0 Å². The van der Waals surface area contributed by atoms with Crippen LogP contribution in [0.5, 0.6) is 0 Å². The van der Waals surface area contributed by atoms with E-state index in [2.05, 4.69) is 5.32 Å². The Balaban J connectivity index is 2.71. The Morgan fingerprint density at radius 1 is 1.19 bits per heavy atom. The lowest BCUT2D eigenvalue weighted by molar-refractivity contribution is -0.142. The molecule has 3 N–H and O–H groups in total. The van der Waals surface area contributed by atoms with Crippen LogP contribution in [0.1, 0.15) is 38.7 Å². The number of carbonyl (C=O) groups excluding carboxylic acids is 2. The Kier molecular flexibility index (Phi) is 6.21. The second-order valence-electron chi connectivity index (χ2n) is 5.21. The summed E-state index contributed by atoms with van der Waals surface area (Å²) in [5, 5.41) is 2.99. The predicted molar refractivity (Wildman–Crippen MR) is 82.6 cm³/mol. The maximum absolute atomic E-state index is 12.2. The van der Waals surface area contributed by atoms with Crippen LogP contribution < -0.4 is 11.1 Å². The zero-order chi connectivity index (χ0) is 15.9. The predicted octanol–water partition coefficient (Wildman–Crippen LogP) is 2.05. The number of benzene rings is 1. The molecule has 0 unspecified atom stereocenters. The summed E-state index contributed by atoms with van der Waals surface area (Å²) < 4.78 is 4.72. The normalized spacial score (nSPS) is 11.0. The number of rotatable bonds is 7. The van der Waals surface area contributed by atoms with Gasteiger partial charge in [0.1, 0.15) is 0 Å². The first-order valence-electron chi connectivity index (χ1n) is 7.17. The minimum atomic E-state index is -0.544. The molecule has 5 heteroatoms. The number of amides is 1. The zero-order valence-corrected chi connectivity index (χ0v) is 12.9. The van der Waals surface area contributed by atoms with E-state index in [4.69, 9.17) is 10.5 Å². The van der Waals surface area contributed by atoms with Gasteiger partial charge in [-0.25, -0.2) is 0 Å². The van der Waals surface area contributed by atoms with Crippen molar-refractivity contribution in [1.82, 2.24) is 5.32 Å². The smallest absolute Gasteiger partial charge is 0.307 e. The highest BCUT2D eigenvalue weighted by Crippen LogP contribution is 2.21. The summed E-state index contributed by atoms with van der Waals surface area (Å²) in [7, 11) is 1.36. The fourth-order valence-corrected chi connectivity index (χ4v) is 2.23. The number of nitrogens with one attached hydrogen (secondary N) is 1. The zero-order valence-electron chi connectivity index (χ0n) is 12.9. The summed E-state index contributed by atoms with van der Waals surface area (Å²) in [6, 6.07) is 7.19. The summed E-state index contributed by atoms with van der Waals surface area (Å²) >= 11 is 0. The highest BCUT2D eigenvalue weighted by molar-refractivity contribution is 5.80. The van der Waals surface area contributed by atoms with Crippen molar-refractivity contribution in [3.8, 4) is 0 Å². The molecule has 0 fully saturated rings. The minimum Gasteiger partial charge on any atom is -0.469 e. The van der Waals surface area contributed by atoms with E-state index in [-0.39, 0.29) is 24.7 Å². The SMILES string of the molecule is CCC(CC)(CC(=O)OC)NC(=O)Cc1ccc(N)cc1. The second-order valence-corrected chi connectivity index (χ2v) is 5.21. The van der Waals surface area contributed by atoms with Gasteiger partial charge in [-0.1, -0.05) is 26.0 Å². The number of carbonyl (C=O) groups is 2. The van der Waals surface area contributed by atoms with Gasteiger partial charge in [-0.05, 0) is 30.5 Å². The first kappa shape index (κ1) is 17.0. The Morgan fingerprint density at radius 3 is 2.24 bits per heavy atom. The van der Waals surface area contributed by atoms with Crippen molar-refractivity contribution in [1.29, 1.82) is 0 Å². The van der Waals surface area contributed by atoms with Gasteiger partial charge < -0.3 is 15.8 Å². The lowest BCUT2D eigenvalue weighted by Crippen LogP contribution is -2.49. The van der Waals surface area contributed by atoms with E-state index in [0.29, 0.717) is 18.5 Å². The Bertz CT molecular complexity index is 479. The molecule has 0 radical (unpaired) electrons. The molecule has 0 atom stereocenters. The number of ether oxygens (including phenoxy) is 1. The van der Waals surface area contributed by atoms with Crippen molar-refractivity contribution in [2.24, 2.45) is 0 Å². The van der Waals surface area contributed by atoms with Crippen LogP contribution in [0.4, 0.5) is 5.69 Å². The summed E-state index contributed by atoms with van der Waals surface area (Å²) in [6.45, 7) is 3.91. The summed E-state index contributed by atoms with van der Waals surface area (Å²) in [5.74, 6) is -0.418. The number of nitrogen functional groups attached to an aromatic ring is 1. The van der Waals surface area contributed by atoms with Crippen LogP contribution in [0, 0.1) is 0 Å². The van der Waals surface area contributed by atoms with Crippen molar-refractivity contribution in [3.05, 3.63) is 29.8 Å². The van der Waals surface area contributed by atoms with Crippen molar-refractivity contribution >= 4 is 17.6 Å². The highest BCUT2D eigenvalue weighted by atomic mass is 16.5. The fraction of sp³-hybridized carbons (Fsp3) is 0.500. The average Bonchev–Trinajstić information content (AvgIpc) is 2.48. The van der Waals surface area contributed by atoms with Gasteiger partial charge in [0.2, 0.25) is 5.91 Å². The summed E-state index contributed by atoms with van der Waals surface area (Å²) in [5.41, 5.74) is 6.63. The van der Waals surface area contributed by atoms with Crippen LogP contribution in [0.25, 0.3) is 0 Å². The standard InChI is InChI=1S/C16H24N2O3/c1-4-16(5-2,11-15(20)21-3)18-14(19)10-12-6-8-13(17)9-7-12/h6-9H,4-5,10-11,17H2,1-3H3,(H,18,19). The van der Waals surface area contributed by atoms with E-state index in [0.717, 1.165) is 5.56 Å². The maximum atomic E-state index is 12.2. The quantitative estimate of drug-likeness (QED) is 0.595. The number of nitrogens with two attached hydrogens (primary N) is 1. The molecule has 0 aromatic heterocycles. The summed E-state index contributed by atoms with van der Waals surface area (Å²) in [4.78, 5) is 23.7. The van der Waals surface area contributed by atoms with Gasteiger partial charge in [0.25, 0.3) is 0 Å². The largest absolute Gasteiger partial charge is 0.469 e. The Hall–Kier alpha value is -2.04. The fourth-order valence-electron chi connectivity index (χ4n) is 2.23. The first-order chi connectivity index (χ1) is 9.94. The highest BCUT2D eigenvalue weighted by Gasteiger charge is 2.31. The van der Waals surface area contributed by atoms with Crippen LogP contribution >= 0.6 is 0 Å². The van der Waals surface area contributed by atoms with Gasteiger partial charge in [-0.3, -0.25) is 9.59 Å². The van der Waals surface area contributed by atoms with Gasteiger partial charge >= 0.3 is 5.97 Å².